The van der Waals surface area contributed by atoms with E-state index in [4.69, 9.17) is 16.6 Å². The van der Waals surface area contributed by atoms with E-state index >= 15 is 0 Å². The predicted molar refractivity (Wildman–Crippen MR) is 103 cm³/mol. The molecule has 0 saturated heterocycles. The molecule has 3 rings (SSSR count). The van der Waals surface area contributed by atoms with Gasteiger partial charge in [0, 0.05) is 31.1 Å². The molecule has 1 aromatic heterocycles. The van der Waals surface area contributed by atoms with Crippen LogP contribution in [0.3, 0.4) is 0 Å². The first-order chi connectivity index (χ1) is 12.4. The minimum Gasteiger partial charge on any atom is -0.481 e. The molecule has 5 N–H and O–H groups in total. The van der Waals surface area contributed by atoms with Gasteiger partial charge in [0.1, 0.15) is 5.82 Å². The summed E-state index contributed by atoms with van der Waals surface area (Å²) < 4.78 is 0. The number of carbonyl (C=O) groups is 1. The number of carboxylic acid groups (broad SMARTS) is 1. The van der Waals surface area contributed by atoms with Crippen molar-refractivity contribution in [3.05, 3.63) is 53.6 Å². The van der Waals surface area contributed by atoms with E-state index in [1.807, 2.05) is 49.5 Å². The van der Waals surface area contributed by atoms with Gasteiger partial charge in [-0.25, -0.2) is 4.98 Å². The molecule has 1 heterocycles. The van der Waals surface area contributed by atoms with Crippen LogP contribution >= 0.6 is 0 Å². The van der Waals surface area contributed by atoms with Gasteiger partial charge in [0.15, 0.2) is 0 Å². The number of aryl methyl sites for hydroxylation is 1. The van der Waals surface area contributed by atoms with Gasteiger partial charge >= 0.3 is 5.97 Å². The molecule has 0 fully saturated rings. The third-order valence-corrected chi connectivity index (χ3v) is 4.21. The van der Waals surface area contributed by atoms with Crippen LogP contribution in [0.5, 0.6) is 0 Å². The fraction of sp³-hybridized carbons (Fsp3) is 0.211. The molecular formula is C19H21N5O2. The Hall–Kier alpha value is -3.35. The molecule has 0 bridgehead atoms. The van der Waals surface area contributed by atoms with Crippen LogP contribution in [0.4, 0.5) is 17.5 Å². The quantitative estimate of drug-likeness (QED) is 0.624. The van der Waals surface area contributed by atoms with Gasteiger partial charge in [-0.05, 0) is 41.8 Å². The predicted octanol–water partition coefficient (Wildman–Crippen LogP) is 2.45. The lowest BCUT2D eigenvalue weighted by Gasteiger charge is -2.20. The maximum Gasteiger partial charge on any atom is 0.303 e. The minimum absolute atomic E-state index is 0.125. The molecule has 0 aliphatic heterocycles. The van der Waals surface area contributed by atoms with Crippen LogP contribution in [0, 0.1) is 0 Å². The van der Waals surface area contributed by atoms with Gasteiger partial charge in [-0.3, -0.25) is 4.79 Å². The molecule has 0 radical (unpaired) electrons. The highest BCUT2D eigenvalue weighted by Gasteiger charge is 2.08. The summed E-state index contributed by atoms with van der Waals surface area (Å²) >= 11 is 0. The Morgan fingerprint density at radius 2 is 1.92 bits per heavy atom. The van der Waals surface area contributed by atoms with E-state index in [0.29, 0.717) is 18.8 Å². The second kappa shape index (κ2) is 7.26. The molecule has 7 heteroatoms. The summed E-state index contributed by atoms with van der Waals surface area (Å²) in [5, 5.41) is 9.61. The van der Waals surface area contributed by atoms with E-state index in [1.54, 1.807) is 0 Å². The number of carboxylic acids is 1. The number of aliphatic carboxylic acids is 1. The number of hydrogen-bond donors (Lipinski definition) is 3. The SMILES string of the molecule is CN(Cc1ccc2c(N)nc(N)nc2c1)c1cccc(CCC(=O)O)c1. The highest BCUT2D eigenvalue weighted by Crippen LogP contribution is 2.23. The standard InChI is InChI=1S/C19H21N5O2/c1-24(14-4-2-3-12(9-14)6-8-17(25)26)11-13-5-7-15-16(10-13)22-19(21)23-18(15)20/h2-5,7,9-10H,6,8,11H2,1H3,(H,25,26)(H4,20,21,22,23). The van der Waals surface area contributed by atoms with E-state index < -0.39 is 5.97 Å². The highest BCUT2D eigenvalue weighted by molar-refractivity contribution is 5.89. The minimum atomic E-state index is -0.791. The lowest BCUT2D eigenvalue weighted by molar-refractivity contribution is -0.136. The molecular weight excluding hydrogens is 330 g/mol. The van der Waals surface area contributed by atoms with Crippen molar-refractivity contribution in [3.8, 4) is 0 Å². The Labute approximate surface area is 151 Å². The molecule has 0 atom stereocenters. The summed E-state index contributed by atoms with van der Waals surface area (Å²) in [7, 11) is 1.99. The zero-order valence-electron chi connectivity index (χ0n) is 14.5. The van der Waals surface area contributed by atoms with E-state index in [2.05, 4.69) is 14.9 Å². The largest absolute Gasteiger partial charge is 0.481 e. The number of nitrogens with two attached hydrogens (primary N) is 2. The average Bonchev–Trinajstić information content (AvgIpc) is 2.59. The van der Waals surface area contributed by atoms with Gasteiger partial charge in [-0.2, -0.15) is 4.98 Å². The smallest absolute Gasteiger partial charge is 0.303 e. The molecule has 3 aromatic rings. The topological polar surface area (TPSA) is 118 Å². The van der Waals surface area contributed by atoms with Gasteiger partial charge in [0.2, 0.25) is 5.95 Å². The second-order valence-electron chi connectivity index (χ2n) is 6.24. The lowest BCUT2D eigenvalue weighted by Crippen LogP contribution is -2.16. The van der Waals surface area contributed by atoms with E-state index in [-0.39, 0.29) is 12.4 Å². The first-order valence-electron chi connectivity index (χ1n) is 8.26. The molecule has 0 spiro atoms. The zero-order chi connectivity index (χ0) is 18.7. The van der Waals surface area contributed by atoms with Crippen LogP contribution in [0.1, 0.15) is 17.5 Å². The second-order valence-corrected chi connectivity index (χ2v) is 6.24. The summed E-state index contributed by atoms with van der Waals surface area (Å²) in [6, 6.07) is 13.7. The summed E-state index contributed by atoms with van der Waals surface area (Å²) in [6.07, 6.45) is 0.642. The molecule has 2 aromatic carbocycles. The number of nitrogen functional groups attached to an aromatic ring is 2. The molecule has 0 aliphatic carbocycles. The molecule has 134 valence electrons. The number of nitrogens with zero attached hydrogens (tertiary/aromatic N) is 3. The average molecular weight is 351 g/mol. The lowest BCUT2D eigenvalue weighted by atomic mass is 10.1. The maximum atomic E-state index is 10.7. The molecule has 0 aliphatic rings. The number of benzene rings is 2. The van der Waals surface area contributed by atoms with Crippen molar-refractivity contribution in [2.24, 2.45) is 0 Å². The Kier molecular flexibility index (Phi) is 4.88. The van der Waals surface area contributed by atoms with Gasteiger partial charge in [-0.15, -0.1) is 0 Å². The van der Waals surface area contributed by atoms with E-state index in [1.165, 1.54) is 0 Å². The number of rotatable bonds is 6. The first-order valence-corrected chi connectivity index (χ1v) is 8.26. The molecule has 0 amide bonds. The zero-order valence-corrected chi connectivity index (χ0v) is 14.5. The number of anilines is 3. The Morgan fingerprint density at radius 1 is 1.12 bits per heavy atom. The summed E-state index contributed by atoms with van der Waals surface area (Å²) in [4.78, 5) is 21.1. The third kappa shape index (κ3) is 4.00. The fourth-order valence-corrected chi connectivity index (χ4v) is 2.88. The van der Waals surface area contributed by atoms with Crippen LogP contribution in [-0.2, 0) is 17.8 Å². The van der Waals surface area contributed by atoms with Crippen LogP contribution in [-0.4, -0.2) is 28.1 Å². The summed E-state index contributed by atoms with van der Waals surface area (Å²) in [5.41, 5.74) is 15.4. The van der Waals surface area contributed by atoms with E-state index in [9.17, 15) is 4.79 Å². The number of aromatic nitrogens is 2. The van der Waals surface area contributed by atoms with Gasteiger partial charge in [0.05, 0.1) is 5.52 Å². The van der Waals surface area contributed by atoms with Crippen LogP contribution in [0.25, 0.3) is 10.9 Å². The van der Waals surface area contributed by atoms with Crippen molar-refractivity contribution >= 4 is 34.3 Å². The van der Waals surface area contributed by atoms with E-state index in [0.717, 1.165) is 27.7 Å². The number of hydrogen-bond acceptors (Lipinski definition) is 6. The third-order valence-electron chi connectivity index (χ3n) is 4.21. The van der Waals surface area contributed by atoms with Gasteiger partial charge in [0.25, 0.3) is 0 Å². The molecule has 0 saturated carbocycles. The summed E-state index contributed by atoms with van der Waals surface area (Å²) in [6.45, 7) is 0.669. The fourth-order valence-electron chi connectivity index (χ4n) is 2.88. The van der Waals surface area contributed by atoms with Crippen molar-refractivity contribution in [2.45, 2.75) is 19.4 Å². The van der Waals surface area contributed by atoms with Crippen LogP contribution < -0.4 is 16.4 Å². The number of fused-ring (bicyclic) bond motifs is 1. The molecule has 26 heavy (non-hydrogen) atoms. The monoisotopic (exact) mass is 351 g/mol. The highest BCUT2D eigenvalue weighted by atomic mass is 16.4. The Bertz CT molecular complexity index is 958. The van der Waals surface area contributed by atoms with Gasteiger partial charge < -0.3 is 21.5 Å². The van der Waals surface area contributed by atoms with Crippen molar-refractivity contribution in [1.29, 1.82) is 0 Å². The Morgan fingerprint density at radius 3 is 2.69 bits per heavy atom. The molecule has 0 unspecified atom stereocenters. The van der Waals surface area contributed by atoms with Crippen molar-refractivity contribution in [3.63, 3.8) is 0 Å². The summed E-state index contributed by atoms with van der Waals surface area (Å²) in [5.74, 6) is -0.259. The van der Waals surface area contributed by atoms with Crippen LogP contribution in [0.15, 0.2) is 42.5 Å². The van der Waals surface area contributed by atoms with Crippen molar-refractivity contribution < 1.29 is 9.90 Å². The normalized spacial score (nSPS) is 10.8. The van der Waals surface area contributed by atoms with Crippen LogP contribution in [0.2, 0.25) is 0 Å². The first kappa shape index (κ1) is 17.5. The van der Waals surface area contributed by atoms with Crippen molar-refractivity contribution in [2.75, 3.05) is 23.4 Å². The maximum absolute atomic E-state index is 10.7. The Balaban J connectivity index is 1.79. The van der Waals surface area contributed by atoms with Gasteiger partial charge in [-0.1, -0.05) is 18.2 Å². The van der Waals surface area contributed by atoms with Crippen molar-refractivity contribution in [1.82, 2.24) is 9.97 Å². The molecule has 7 nitrogen and oxygen atoms in total.